The second-order valence-corrected chi connectivity index (χ2v) is 19.1. The summed E-state index contributed by atoms with van der Waals surface area (Å²) in [5, 5.41) is 12.8. The van der Waals surface area contributed by atoms with Crippen LogP contribution in [0.2, 0.25) is 0 Å². The first kappa shape index (κ1) is 34.8. The van der Waals surface area contributed by atoms with Gasteiger partial charge in [-0.2, -0.15) is 0 Å². The monoisotopic (exact) mass is 768 g/mol. The Morgan fingerprint density at radius 1 is 0.322 bits per heavy atom. The minimum absolute atomic E-state index is 1.11. The van der Waals surface area contributed by atoms with E-state index in [1.165, 1.54) is 64.1 Å². The Labute approximate surface area is 345 Å². The van der Waals surface area contributed by atoms with Crippen molar-refractivity contribution in [2.75, 3.05) is 4.90 Å². The van der Waals surface area contributed by atoms with Crippen molar-refractivity contribution < 1.29 is 0 Å². The molecular weight excluding hydrogens is 729 g/mol. The van der Waals surface area contributed by atoms with Crippen molar-refractivity contribution in [2.24, 2.45) is 0 Å². The van der Waals surface area contributed by atoms with Gasteiger partial charge in [0.15, 0.2) is 8.07 Å². The van der Waals surface area contributed by atoms with Gasteiger partial charge in [-0.1, -0.05) is 194 Å². The molecule has 11 rings (SSSR count). The van der Waals surface area contributed by atoms with Gasteiger partial charge in [0.2, 0.25) is 0 Å². The number of benzene rings is 10. The molecule has 10 aromatic carbocycles. The zero-order chi connectivity index (χ0) is 39.2. The van der Waals surface area contributed by atoms with E-state index in [-0.39, 0.29) is 0 Å². The predicted octanol–water partition coefficient (Wildman–Crippen LogP) is 11.9. The van der Waals surface area contributed by atoms with Crippen molar-refractivity contribution in [2.45, 2.75) is 0 Å². The topological polar surface area (TPSA) is 8.17 Å². The van der Waals surface area contributed by atoms with Crippen LogP contribution in [0.1, 0.15) is 0 Å². The van der Waals surface area contributed by atoms with E-state index in [2.05, 4.69) is 252 Å². The van der Waals surface area contributed by atoms with Crippen LogP contribution in [-0.2, 0) is 0 Å². The highest BCUT2D eigenvalue weighted by molar-refractivity contribution is 7.19. The fourth-order valence-corrected chi connectivity index (χ4v) is 14.3. The molecule has 2 nitrogen and oxygen atoms in total. The van der Waals surface area contributed by atoms with Gasteiger partial charge in [-0.25, -0.2) is 0 Å². The molecule has 0 spiro atoms. The maximum atomic E-state index is 2.51. The summed E-state index contributed by atoms with van der Waals surface area (Å²) in [6.07, 6.45) is 0. The SMILES string of the molecule is c1ccc(-n2c3ccccc3c3c(N(c4ccc([Si](c5ccccc5)(c5ccccc5)c5ccccc5)cc4)c4cc5ccccc5c5ccccc45)cccc32)cc1. The van der Waals surface area contributed by atoms with E-state index >= 15 is 0 Å². The van der Waals surface area contributed by atoms with Crippen molar-refractivity contribution in [3.63, 3.8) is 0 Å². The minimum atomic E-state index is -2.73. The van der Waals surface area contributed by atoms with Gasteiger partial charge in [-0.3, -0.25) is 0 Å². The van der Waals surface area contributed by atoms with E-state index in [9.17, 15) is 0 Å². The molecule has 0 atom stereocenters. The highest BCUT2D eigenvalue weighted by Gasteiger charge is 2.41. The molecule has 0 bridgehead atoms. The Morgan fingerprint density at radius 2 is 0.797 bits per heavy atom. The number of rotatable bonds is 8. The molecule has 0 aliphatic heterocycles. The third kappa shape index (κ3) is 5.62. The molecule has 1 heterocycles. The van der Waals surface area contributed by atoms with E-state index < -0.39 is 8.07 Å². The van der Waals surface area contributed by atoms with Gasteiger partial charge in [0, 0.05) is 27.5 Å². The highest BCUT2D eigenvalue weighted by atomic mass is 28.3. The van der Waals surface area contributed by atoms with E-state index in [0.717, 1.165) is 22.7 Å². The molecule has 0 N–H and O–H groups in total. The molecule has 0 fully saturated rings. The lowest BCUT2D eigenvalue weighted by Crippen LogP contribution is -2.74. The summed E-state index contributed by atoms with van der Waals surface area (Å²) in [7, 11) is -2.73. The Kier molecular flexibility index (Phi) is 8.53. The number of nitrogens with zero attached hydrogens (tertiary/aromatic N) is 2. The lowest BCUT2D eigenvalue weighted by Gasteiger charge is -2.35. The van der Waals surface area contributed by atoms with Crippen LogP contribution in [0.4, 0.5) is 17.1 Å². The molecule has 59 heavy (non-hydrogen) atoms. The molecular formula is C56H40N2Si. The second-order valence-electron chi connectivity index (χ2n) is 15.3. The Balaban J connectivity index is 1.21. The van der Waals surface area contributed by atoms with Gasteiger partial charge in [-0.05, 0) is 85.4 Å². The van der Waals surface area contributed by atoms with Crippen LogP contribution in [-0.4, -0.2) is 12.6 Å². The van der Waals surface area contributed by atoms with Gasteiger partial charge in [-0.15, -0.1) is 0 Å². The van der Waals surface area contributed by atoms with Crippen molar-refractivity contribution in [1.82, 2.24) is 4.57 Å². The zero-order valence-electron chi connectivity index (χ0n) is 32.5. The molecule has 11 aromatic rings. The summed E-state index contributed by atoms with van der Waals surface area (Å²) < 4.78 is 2.41. The molecule has 0 saturated heterocycles. The van der Waals surface area contributed by atoms with Crippen LogP contribution in [0.15, 0.2) is 243 Å². The van der Waals surface area contributed by atoms with Crippen molar-refractivity contribution in [1.29, 1.82) is 0 Å². The maximum Gasteiger partial charge on any atom is 0.179 e. The molecule has 1 aromatic heterocycles. The average molecular weight is 769 g/mol. The smallest absolute Gasteiger partial charge is 0.179 e. The number of fused-ring (bicyclic) bond motifs is 6. The van der Waals surface area contributed by atoms with E-state index in [1.54, 1.807) is 0 Å². The van der Waals surface area contributed by atoms with Crippen molar-refractivity contribution in [3.8, 4) is 5.69 Å². The summed E-state index contributed by atoms with van der Waals surface area (Å²) in [5.74, 6) is 0. The molecule has 0 saturated carbocycles. The van der Waals surface area contributed by atoms with Gasteiger partial charge < -0.3 is 9.47 Å². The lowest BCUT2D eigenvalue weighted by molar-refractivity contribution is 1.18. The quantitative estimate of drug-likeness (QED) is 0.0849. The fourth-order valence-electron chi connectivity index (χ4n) is 9.59. The third-order valence-electron chi connectivity index (χ3n) is 12.1. The summed E-state index contributed by atoms with van der Waals surface area (Å²) in [6, 6.07) is 89.5. The van der Waals surface area contributed by atoms with Crippen molar-refractivity contribution >= 4 is 89.2 Å². The van der Waals surface area contributed by atoms with Gasteiger partial charge in [0.25, 0.3) is 0 Å². The average Bonchev–Trinajstić information content (AvgIpc) is 3.66. The van der Waals surface area contributed by atoms with Gasteiger partial charge >= 0.3 is 0 Å². The van der Waals surface area contributed by atoms with Crippen LogP contribution < -0.4 is 25.6 Å². The third-order valence-corrected chi connectivity index (χ3v) is 16.9. The molecule has 0 radical (unpaired) electrons. The van der Waals surface area contributed by atoms with Crippen LogP contribution in [0, 0.1) is 0 Å². The number of aromatic nitrogens is 1. The second kappa shape index (κ2) is 14.5. The van der Waals surface area contributed by atoms with E-state index in [0.29, 0.717) is 0 Å². The van der Waals surface area contributed by atoms with E-state index in [1.807, 2.05) is 0 Å². The Bertz CT molecular complexity index is 3150. The molecule has 3 heteroatoms. The predicted molar refractivity (Wildman–Crippen MR) is 254 cm³/mol. The van der Waals surface area contributed by atoms with Crippen LogP contribution >= 0.6 is 0 Å². The molecule has 0 amide bonds. The van der Waals surface area contributed by atoms with E-state index in [4.69, 9.17) is 0 Å². The standard InChI is InChI=1S/C56H40N2Si/c1-5-21-42(22-6-1)57-52-33-18-17-32-51(52)56-53(57)34-19-35-54(56)58(55-40-41-20-13-14-29-48(41)49-30-15-16-31-50(49)55)43-36-38-47(39-37-43)59(44-23-7-2-8-24-44,45-25-9-3-10-26-45)46-27-11-4-12-28-46/h1-40H. The number of anilines is 3. The summed E-state index contributed by atoms with van der Waals surface area (Å²) >= 11 is 0. The normalized spacial score (nSPS) is 11.7. The summed E-state index contributed by atoms with van der Waals surface area (Å²) in [6.45, 7) is 0. The number of hydrogen-bond donors (Lipinski definition) is 0. The highest BCUT2D eigenvalue weighted by Crippen LogP contribution is 2.46. The maximum absolute atomic E-state index is 2.73. The lowest BCUT2D eigenvalue weighted by atomic mass is 9.98. The van der Waals surface area contributed by atoms with Crippen LogP contribution in [0.25, 0.3) is 49.0 Å². The largest absolute Gasteiger partial charge is 0.309 e. The summed E-state index contributed by atoms with van der Waals surface area (Å²) in [4.78, 5) is 2.51. The zero-order valence-corrected chi connectivity index (χ0v) is 33.5. The Morgan fingerprint density at radius 3 is 1.42 bits per heavy atom. The molecule has 0 aliphatic carbocycles. The first-order valence-corrected chi connectivity index (χ1v) is 22.4. The molecule has 0 unspecified atom stereocenters. The minimum Gasteiger partial charge on any atom is -0.309 e. The van der Waals surface area contributed by atoms with Crippen molar-refractivity contribution in [3.05, 3.63) is 243 Å². The summed E-state index contributed by atoms with van der Waals surface area (Å²) in [5.41, 5.74) is 6.89. The first-order chi connectivity index (χ1) is 29.3. The molecule has 0 aliphatic rings. The number of para-hydroxylation sites is 2. The van der Waals surface area contributed by atoms with Gasteiger partial charge in [0.1, 0.15) is 0 Å². The first-order valence-electron chi connectivity index (χ1n) is 20.4. The van der Waals surface area contributed by atoms with Gasteiger partial charge in [0.05, 0.1) is 22.4 Å². The Hall–Kier alpha value is -7.46. The fraction of sp³-hybridized carbons (Fsp3) is 0. The molecule has 278 valence electrons. The number of hydrogen-bond acceptors (Lipinski definition) is 1. The van der Waals surface area contributed by atoms with Crippen LogP contribution in [0.3, 0.4) is 0 Å². The van der Waals surface area contributed by atoms with Crippen LogP contribution in [0.5, 0.6) is 0 Å².